The van der Waals surface area contributed by atoms with Crippen molar-refractivity contribution in [3.63, 3.8) is 0 Å². The number of benzene rings is 2. The Hall–Kier alpha value is -7.83. The maximum Gasteiger partial charge on any atom is 0.295 e. The van der Waals surface area contributed by atoms with E-state index in [1.807, 2.05) is 6.92 Å². The second kappa shape index (κ2) is 16.8. The molecule has 1 aliphatic rings. The third-order valence-electron chi connectivity index (χ3n) is 10.3. The number of nitrogens with two attached hydrogens (primary N) is 2. The van der Waals surface area contributed by atoms with Crippen LogP contribution in [0.5, 0.6) is 11.5 Å². The zero-order valence-electron chi connectivity index (χ0n) is 34.3. The monoisotopic (exact) mass is 830 g/mol. The number of amides is 4. The molecule has 0 radical (unpaired) electrons. The van der Waals surface area contributed by atoms with Gasteiger partial charge < -0.3 is 55.5 Å². The van der Waals surface area contributed by atoms with Crippen LogP contribution in [0.15, 0.2) is 79.4 Å². The van der Waals surface area contributed by atoms with Crippen LogP contribution in [0, 0.1) is 0 Å². The van der Waals surface area contributed by atoms with Gasteiger partial charge in [-0.1, -0.05) is 12.2 Å². The first-order valence-electron chi connectivity index (χ1n) is 19.2. The van der Waals surface area contributed by atoms with Gasteiger partial charge in [0.15, 0.2) is 17.3 Å². The van der Waals surface area contributed by atoms with Gasteiger partial charge in [0.25, 0.3) is 23.6 Å². The molecule has 0 saturated carbocycles. The summed E-state index contributed by atoms with van der Waals surface area (Å²) < 4.78 is 17.2. The summed E-state index contributed by atoms with van der Waals surface area (Å²) in [5.74, 6) is -1.16. The highest BCUT2D eigenvalue weighted by Gasteiger charge is 2.30. The van der Waals surface area contributed by atoms with Gasteiger partial charge in [0.1, 0.15) is 11.4 Å². The highest BCUT2D eigenvalue weighted by atomic mass is 16.5. The topological polar surface area (TPSA) is 241 Å². The Balaban J connectivity index is 0.905. The highest BCUT2D eigenvalue weighted by molar-refractivity contribution is 6.07. The van der Waals surface area contributed by atoms with Gasteiger partial charge in [-0.05, 0) is 56.2 Å². The van der Waals surface area contributed by atoms with Gasteiger partial charge >= 0.3 is 0 Å². The number of methoxy groups -OCH3 is 1. The molecule has 2 aromatic carbocycles. The van der Waals surface area contributed by atoms with Gasteiger partial charge in [0, 0.05) is 81.6 Å². The molecule has 6 aromatic rings. The number of aromatic nitrogens is 6. The lowest BCUT2D eigenvalue weighted by atomic mass is 10.1. The van der Waals surface area contributed by atoms with Gasteiger partial charge in [-0.3, -0.25) is 24.0 Å². The number of hydrogen-bond acceptors (Lipinski definition) is 11. The van der Waals surface area contributed by atoms with E-state index in [4.69, 9.17) is 20.9 Å². The summed E-state index contributed by atoms with van der Waals surface area (Å²) in [6.45, 7) is 6.58. The van der Waals surface area contributed by atoms with Crippen LogP contribution in [0.1, 0.15) is 68.1 Å². The molecule has 1 atom stereocenters. The average molecular weight is 831 g/mol. The number of anilines is 5. The van der Waals surface area contributed by atoms with E-state index in [0.717, 1.165) is 17.4 Å². The highest BCUT2D eigenvalue weighted by Crippen LogP contribution is 2.34. The van der Waals surface area contributed by atoms with Crippen LogP contribution in [0.4, 0.5) is 28.6 Å². The second-order valence-corrected chi connectivity index (χ2v) is 14.9. The van der Waals surface area contributed by atoms with Gasteiger partial charge in [-0.2, -0.15) is 9.78 Å². The summed E-state index contributed by atoms with van der Waals surface area (Å²) in [5.41, 5.74) is 16.0. The summed E-state index contributed by atoms with van der Waals surface area (Å²) in [4.78, 5) is 72.0. The number of likely N-dealkylation sites (tertiary alicyclic amines) is 1. The molecule has 0 unspecified atom stereocenters. The van der Waals surface area contributed by atoms with Crippen molar-refractivity contribution in [3.8, 4) is 11.5 Å². The summed E-state index contributed by atoms with van der Waals surface area (Å²) in [6, 6.07) is 11.3. The number of imidazole rings is 1. The molecule has 7 rings (SSSR count). The molecule has 4 amide bonds. The maximum absolute atomic E-state index is 13.4. The van der Waals surface area contributed by atoms with Crippen LogP contribution in [0.2, 0.25) is 0 Å². The fourth-order valence-corrected chi connectivity index (χ4v) is 7.20. The van der Waals surface area contributed by atoms with Crippen molar-refractivity contribution in [1.82, 2.24) is 33.4 Å². The van der Waals surface area contributed by atoms with Gasteiger partial charge in [0.2, 0.25) is 11.7 Å². The lowest BCUT2D eigenvalue weighted by Gasteiger charge is -2.22. The van der Waals surface area contributed by atoms with Crippen molar-refractivity contribution in [2.45, 2.75) is 32.2 Å². The molecule has 4 aromatic heterocycles. The Bertz CT molecular complexity index is 2740. The molecule has 1 fully saturated rings. The minimum absolute atomic E-state index is 0.0124. The van der Waals surface area contributed by atoms with Gasteiger partial charge in [-0.15, -0.1) is 0 Å². The van der Waals surface area contributed by atoms with Crippen molar-refractivity contribution in [2.75, 3.05) is 47.7 Å². The Morgan fingerprint density at radius 3 is 2.26 bits per heavy atom. The number of rotatable bonds is 13. The molecular weight excluding hydrogens is 785 g/mol. The maximum atomic E-state index is 13.4. The van der Waals surface area contributed by atoms with Crippen LogP contribution in [-0.2, 0) is 25.9 Å². The molecule has 1 saturated heterocycles. The minimum Gasteiger partial charge on any atom is -0.493 e. The largest absolute Gasteiger partial charge is 0.493 e. The third kappa shape index (κ3) is 8.66. The molecule has 7 N–H and O–H groups in total. The van der Waals surface area contributed by atoms with Crippen LogP contribution in [0.3, 0.4) is 0 Å². The zero-order valence-corrected chi connectivity index (χ0v) is 34.3. The van der Waals surface area contributed by atoms with Crippen molar-refractivity contribution < 1.29 is 33.4 Å². The number of nitrogens with one attached hydrogen (secondary N) is 3. The molecule has 0 bridgehead atoms. The Morgan fingerprint density at radius 2 is 1.56 bits per heavy atom. The first kappa shape index (κ1) is 41.3. The van der Waals surface area contributed by atoms with E-state index < -0.39 is 17.7 Å². The molecule has 0 spiro atoms. The number of hydrogen-bond donors (Lipinski definition) is 5. The summed E-state index contributed by atoms with van der Waals surface area (Å²) in [7, 11) is 6.41. The zero-order chi connectivity index (χ0) is 43.7. The van der Waals surface area contributed by atoms with E-state index in [2.05, 4.69) is 32.6 Å². The smallest absolute Gasteiger partial charge is 0.295 e. The molecule has 316 valence electrons. The molecule has 1 aliphatic heterocycles. The molecule has 5 heterocycles. The Morgan fingerprint density at radius 1 is 0.852 bits per heavy atom. The first-order chi connectivity index (χ1) is 29.1. The number of carbonyl (C=O) groups excluding carboxylic acids is 5. The average Bonchev–Trinajstić information content (AvgIpc) is 4.04. The number of aryl methyl sites for hydroxylation is 3. The summed E-state index contributed by atoms with van der Waals surface area (Å²) in [5, 5.41) is 13.2. The van der Waals surface area contributed by atoms with Gasteiger partial charge in [-0.25, -0.2) is 4.98 Å². The Labute approximate surface area is 349 Å². The van der Waals surface area contributed by atoms with Crippen LogP contribution >= 0.6 is 0 Å². The third-order valence-corrected chi connectivity index (χ3v) is 10.3. The standard InChI is InChI=1S/C42H46N12O7/c1-23-12-24(2)53(19-23)41(58)29-16-34(60-6)35(17-30(29)44)61-11-7-8-37(55)48-36-22-52(5)38(49-36)40(57)47-27-14-32(50(3)20-27)39(56)46-28-15-33(51(4)21-28)42(59)54-31-13-26(43)10-9-25(31)18-45-54/h9-10,13-18,20-22,24H,1,7-8,11-12,19,43-44H2,2-6H3,(H,46,56)(H,47,57)(H,48,55)/t24-/m1/s1. The first-order valence-corrected chi connectivity index (χ1v) is 19.2. The lowest BCUT2D eigenvalue weighted by Crippen LogP contribution is -2.34. The molecular formula is C42H46N12O7. The van der Waals surface area contributed by atoms with Crippen molar-refractivity contribution in [2.24, 2.45) is 21.1 Å². The van der Waals surface area contributed by atoms with Crippen LogP contribution in [0.25, 0.3) is 10.9 Å². The van der Waals surface area contributed by atoms with E-state index in [9.17, 15) is 24.0 Å². The van der Waals surface area contributed by atoms with Crippen molar-refractivity contribution >= 4 is 69.0 Å². The lowest BCUT2D eigenvalue weighted by molar-refractivity contribution is -0.116. The van der Waals surface area contributed by atoms with Crippen LogP contribution < -0.4 is 36.9 Å². The van der Waals surface area contributed by atoms with E-state index >= 15 is 0 Å². The minimum atomic E-state index is -0.575. The summed E-state index contributed by atoms with van der Waals surface area (Å²) >= 11 is 0. The fourth-order valence-electron chi connectivity index (χ4n) is 7.20. The predicted molar refractivity (Wildman–Crippen MR) is 229 cm³/mol. The normalized spacial score (nSPS) is 13.7. The number of carbonyl (C=O) groups is 5. The summed E-state index contributed by atoms with van der Waals surface area (Å²) in [6.07, 6.45) is 7.40. The fraction of sp³-hybridized carbons (Fsp3) is 0.262. The second-order valence-electron chi connectivity index (χ2n) is 14.9. The van der Waals surface area contributed by atoms with Crippen molar-refractivity contribution in [3.05, 3.63) is 102 Å². The molecule has 61 heavy (non-hydrogen) atoms. The number of fused-ring (bicyclic) bond motifs is 1. The van der Waals surface area contributed by atoms with E-state index in [0.29, 0.717) is 52.6 Å². The van der Waals surface area contributed by atoms with E-state index in [1.54, 1.807) is 90.2 Å². The number of ether oxygens (including phenoxy) is 2. The van der Waals surface area contributed by atoms with Crippen molar-refractivity contribution in [1.29, 1.82) is 0 Å². The quantitative estimate of drug-likeness (QED) is 0.0621. The SMILES string of the molecule is C=C1C[C@@H](C)N(C(=O)c2cc(OC)c(OCCCC(=O)Nc3cn(C)c(C(=O)Nc4cc(C(=O)Nc5cc(C(=O)n6ncc7ccc(N)cc76)n(C)c5)n(C)c4)n3)cc2N)C1. The van der Waals surface area contributed by atoms with E-state index in [1.165, 1.54) is 28.6 Å². The van der Waals surface area contributed by atoms with Gasteiger partial charge in [0.05, 0.1) is 42.4 Å². The number of nitrogens with zero attached hydrogens (tertiary/aromatic N) is 7. The predicted octanol–water partition coefficient (Wildman–Crippen LogP) is 4.40. The molecule has 0 aliphatic carbocycles. The van der Waals surface area contributed by atoms with Crippen LogP contribution in [-0.4, -0.2) is 89.2 Å². The Kier molecular flexibility index (Phi) is 11.4. The molecule has 19 nitrogen and oxygen atoms in total. The molecule has 19 heteroatoms. The van der Waals surface area contributed by atoms with E-state index in [-0.39, 0.29) is 59.6 Å². The number of nitrogen functional groups attached to an aromatic ring is 2.